The fourth-order valence-electron chi connectivity index (χ4n) is 8.79. The Balaban J connectivity index is 1.23. The molecule has 2 bridgehead atoms. The fraction of sp³-hybridized carbons (Fsp3) is 0.759. The molecule has 7 rings (SSSR count). The molecule has 3 unspecified atom stereocenters. The van der Waals surface area contributed by atoms with Crippen LogP contribution in [0.1, 0.15) is 82.3 Å². The largest absolute Gasteiger partial charge is 0.504 e. The predicted molar refractivity (Wildman–Crippen MR) is 132 cm³/mol. The van der Waals surface area contributed by atoms with Gasteiger partial charge in [0.2, 0.25) is 5.91 Å². The van der Waals surface area contributed by atoms with Crippen LogP contribution >= 0.6 is 0 Å². The first kappa shape index (κ1) is 22.4. The molecule has 1 aromatic rings. The van der Waals surface area contributed by atoms with Gasteiger partial charge in [0.1, 0.15) is 6.10 Å². The predicted octanol–water partition coefficient (Wildman–Crippen LogP) is 3.66. The van der Waals surface area contributed by atoms with E-state index in [1.807, 2.05) is 6.07 Å². The molecule has 4 fully saturated rings. The summed E-state index contributed by atoms with van der Waals surface area (Å²) in [6.07, 6.45) is 11.3. The Bertz CT molecular complexity index is 1030. The van der Waals surface area contributed by atoms with Crippen molar-refractivity contribution in [2.75, 3.05) is 13.1 Å². The molecule has 35 heavy (non-hydrogen) atoms. The number of amides is 1. The zero-order valence-corrected chi connectivity index (χ0v) is 21.0. The minimum absolute atomic E-state index is 0.000783. The second-order valence-electron chi connectivity index (χ2n) is 12.6. The smallest absolute Gasteiger partial charge is 0.223 e. The van der Waals surface area contributed by atoms with E-state index in [1.165, 1.54) is 37.7 Å². The van der Waals surface area contributed by atoms with Crippen LogP contribution in [-0.4, -0.2) is 57.9 Å². The number of aliphatic hydroxyl groups is 1. The lowest BCUT2D eigenvalue weighted by atomic mass is 9.48. The van der Waals surface area contributed by atoms with Crippen LogP contribution in [0.2, 0.25) is 0 Å². The molecule has 3 N–H and O–H groups in total. The van der Waals surface area contributed by atoms with Crippen molar-refractivity contribution in [1.82, 2.24) is 10.2 Å². The Kier molecular flexibility index (Phi) is 5.03. The molecule has 6 heteroatoms. The van der Waals surface area contributed by atoms with E-state index in [1.54, 1.807) is 6.07 Å². The topological polar surface area (TPSA) is 82.0 Å². The van der Waals surface area contributed by atoms with Gasteiger partial charge in [-0.05, 0) is 81.4 Å². The van der Waals surface area contributed by atoms with Crippen molar-refractivity contribution in [1.29, 1.82) is 0 Å². The normalized spacial score (nSPS) is 39.0. The lowest BCUT2D eigenvalue weighted by Gasteiger charge is -2.64. The van der Waals surface area contributed by atoms with Gasteiger partial charge in [-0.25, -0.2) is 0 Å². The number of aromatic hydroxyl groups is 1. The molecule has 6 aliphatic rings. The molecule has 1 amide bonds. The van der Waals surface area contributed by atoms with Crippen LogP contribution in [0.3, 0.4) is 0 Å². The quantitative estimate of drug-likeness (QED) is 0.599. The van der Waals surface area contributed by atoms with Gasteiger partial charge in [0.05, 0.1) is 17.1 Å². The molecule has 4 aliphatic carbocycles. The third-order valence-corrected chi connectivity index (χ3v) is 10.9. The third-order valence-electron chi connectivity index (χ3n) is 10.9. The number of hydrogen-bond donors (Lipinski definition) is 3. The number of rotatable bonds is 5. The molecule has 0 radical (unpaired) electrons. The summed E-state index contributed by atoms with van der Waals surface area (Å²) in [5, 5.41) is 26.8. The molecule has 1 spiro atoms. The molecule has 190 valence electrons. The maximum atomic E-state index is 13.4. The molecule has 6 nitrogen and oxygen atoms in total. The average Bonchev–Trinajstić information content (AvgIpc) is 3.61. The van der Waals surface area contributed by atoms with Crippen molar-refractivity contribution in [3.8, 4) is 11.5 Å². The lowest BCUT2D eigenvalue weighted by molar-refractivity contribution is -0.192. The van der Waals surface area contributed by atoms with Crippen LogP contribution in [0, 0.1) is 17.8 Å². The van der Waals surface area contributed by atoms with Crippen molar-refractivity contribution < 1.29 is 19.7 Å². The summed E-state index contributed by atoms with van der Waals surface area (Å²) < 4.78 is 6.60. The molecule has 2 aliphatic heterocycles. The SMILES string of the molecule is CC(C(=O)NC1CC[C@@]2(O)[C@H]3Cc4ccc(O)c5c4[C@@]2(CCN3CC2CC2)C1O5)C1CCCCC1. The molecule has 6 atom stereocenters. The highest BCUT2D eigenvalue weighted by Crippen LogP contribution is 2.65. The Morgan fingerprint density at radius 1 is 1.17 bits per heavy atom. The van der Waals surface area contributed by atoms with Gasteiger partial charge in [-0.3, -0.25) is 9.69 Å². The van der Waals surface area contributed by atoms with Crippen molar-refractivity contribution in [3.05, 3.63) is 23.3 Å². The summed E-state index contributed by atoms with van der Waals surface area (Å²) in [7, 11) is 0. The van der Waals surface area contributed by atoms with Crippen LogP contribution in [0.15, 0.2) is 12.1 Å². The van der Waals surface area contributed by atoms with E-state index in [9.17, 15) is 15.0 Å². The highest BCUT2D eigenvalue weighted by molar-refractivity contribution is 5.79. The number of benzene rings is 1. The minimum Gasteiger partial charge on any atom is -0.504 e. The number of ether oxygens (including phenoxy) is 1. The average molecular weight is 481 g/mol. The van der Waals surface area contributed by atoms with Gasteiger partial charge >= 0.3 is 0 Å². The number of nitrogens with one attached hydrogen (secondary N) is 1. The number of phenols is 1. The van der Waals surface area contributed by atoms with Crippen molar-refractivity contribution >= 4 is 5.91 Å². The van der Waals surface area contributed by atoms with E-state index in [2.05, 4.69) is 17.1 Å². The molecule has 1 saturated heterocycles. The van der Waals surface area contributed by atoms with Gasteiger partial charge < -0.3 is 20.3 Å². The Morgan fingerprint density at radius 2 is 1.97 bits per heavy atom. The van der Waals surface area contributed by atoms with Gasteiger partial charge in [-0.1, -0.05) is 32.3 Å². The number of hydrogen-bond acceptors (Lipinski definition) is 5. The maximum absolute atomic E-state index is 13.4. The second kappa shape index (κ2) is 7.85. The van der Waals surface area contributed by atoms with Crippen molar-refractivity contribution in [3.63, 3.8) is 0 Å². The minimum atomic E-state index is -0.896. The number of likely N-dealkylation sites (tertiary alicyclic amines) is 1. The highest BCUT2D eigenvalue weighted by atomic mass is 16.5. The third kappa shape index (κ3) is 3.11. The molecule has 3 saturated carbocycles. The number of piperidine rings is 1. The Hall–Kier alpha value is -1.79. The first-order valence-electron chi connectivity index (χ1n) is 14.2. The van der Waals surface area contributed by atoms with Crippen molar-refractivity contribution in [2.45, 2.75) is 107 Å². The fourth-order valence-corrected chi connectivity index (χ4v) is 8.79. The van der Waals surface area contributed by atoms with Gasteiger partial charge in [0, 0.05) is 24.1 Å². The summed E-state index contributed by atoms with van der Waals surface area (Å²) in [6.45, 7) is 4.11. The maximum Gasteiger partial charge on any atom is 0.223 e. The first-order chi connectivity index (χ1) is 16.9. The molecule has 0 aromatic heterocycles. The van der Waals surface area contributed by atoms with Gasteiger partial charge in [-0.15, -0.1) is 0 Å². The standard InChI is InChI=1S/C29H40N2O4/c1-17(19-5-3-2-4-6-19)27(33)30-21-11-12-29(34)23-15-20-9-10-22(32)25-24(20)28(29,26(21)35-25)13-14-31(23)16-18-7-8-18/h9-10,17-19,21,23,26,32,34H,2-8,11-16H2,1H3,(H,30,33)/t17?,21?,23-,26?,28+,29-/m1/s1. The van der Waals surface area contributed by atoms with Gasteiger partial charge in [-0.2, -0.15) is 0 Å². The zero-order chi connectivity index (χ0) is 23.9. The van der Waals surface area contributed by atoms with Crippen LogP contribution in [0.4, 0.5) is 0 Å². The number of phenolic OH excluding ortho intramolecular Hbond substituents is 1. The summed E-state index contributed by atoms with van der Waals surface area (Å²) in [6, 6.07) is 3.72. The lowest BCUT2D eigenvalue weighted by Crippen LogP contribution is -2.78. The molecular formula is C29H40N2O4. The number of nitrogens with zero attached hydrogens (tertiary/aromatic N) is 1. The molecule has 1 aromatic carbocycles. The number of carbonyl (C=O) groups excluding carboxylic acids is 1. The van der Waals surface area contributed by atoms with E-state index >= 15 is 0 Å². The molecular weight excluding hydrogens is 440 g/mol. The number of carbonyl (C=O) groups is 1. The molecule has 2 heterocycles. The van der Waals surface area contributed by atoms with E-state index in [4.69, 9.17) is 4.74 Å². The van der Waals surface area contributed by atoms with Gasteiger partial charge in [0.25, 0.3) is 0 Å². The van der Waals surface area contributed by atoms with Crippen LogP contribution in [0.25, 0.3) is 0 Å². The van der Waals surface area contributed by atoms with E-state index in [-0.39, 0.29) is 35.8 Å². The summed E-state index contributed by atoms with van der Waals surface area (Å²) in [5.41, 5.74) is 0.779. The van der Waals surface area contributed by atoms with Crippen molar-refractivity contribution in [2.24, 2.45) is 17.8 Å². The van der Waals surface area contributed by atoms with Crippen LogP contribution in [-0.2, 0) is 16.6 Å². The summed E-state index contributed by atoms with van der Waals surface area (Å²) in [4.78, 5) is 16.0. The van der Waals surface area contributed by atoms with Gasteiger partial charge in [0.15, 0.2) is 11.5 Å². The Labute approximate surface area is 208 Å². The van der Waals surface area contributed by atoms with Crippen LogP contribution < -0.4 is 10.1 Å². The monoisotopic (exact) mass is 480 g/mol. The first-order valence-corrected chi connectivity index (χ1v) is 14.2. The van der Waals surface area contributed by atoms with E-state index in [0.29, 0.717) is 24.5 Å². The highest BCUT2D eigenvalue weighted by Gasteiger charge is 2.73. The summed E-state index contributed by atoms with van der Waals surface area (Å²) in [5.74, 6) is 2.09. The summed E-state index contributed by atoms with van der Waals surface area (Å²) >= 11 is 0. The zero-order valence-electron chi connectivity index (χ0n) is 21.0. The van der Waals surface area contributed by atoms with Crippen LogP contribution in [0.5, 0.6) is 11.5 Å². The van der Waals surface area contributed by atoms with E-state index in [0.717, 1.165) is 50.3 Å². The Morgan fingerprint density at radius 3 is 2.74 bits per heavy atom. The van der Waals surface area contributed by atoms with E-state index < -0.39 is 11.0 Å². The second-order valence-corrected chi connectivity index (χ2v) is 12.6.